The second-order valence-corrected chi connectivity index (χ2v) is 11.8. The highest BCUT2D eigenvalue weighted by Gasteiger charge is 2.38. The van der Waals surface area contributed by atoms with Gasteiger partial charge in [-0.05, 0) is 90.5 Å². The Morgan fingerprint density at radius 2 is 1.64 bits per heavy atom. The zero-order valence-electron chi connectivity index (χ0n) is 22.8. The van der Waals surface area contributed by atoms with E-state index in [1.165, 1.54) is 51.4 Å². The van der Waals surface area contributed by atoms with Crippen LogP contribution in [0.2, 0.25) is 0 Å². The molecule has 2 fully saturated rings. The van der Waals surface area contributed by atoms with E-state index in [1.54, 1.807) is 19.2 Å². The summed E-state index contributed by atoms with van der Waals surface area (Å²) in [5, 5.41) is 0. The summed E-state index contributed by atoms with van der Waals surface area (Å²) in [6, 6.07) is 11.1. The summed E-state index contributed by atoms with van der Waals surface area (Å²) >= 11 is 0. The first-order valence-corrected chi connectivity index (χ1v) is 14.5. The van der Waals surface area contributed by atoms with Crippen molar-refractivity contribution in [3.63, 3.8) is 0 Å². The second kappa shape index (κ2) is 12.7. The quantitative estimate of drug-likeness (QED) is 0.318. The Bertz CT molecular complexity index is 970. The van der Waals surface area contributed by atoms with Gasteiger partial charge in [-0.25, -0.2) is 8.78 Å². The van der Waals surface area contributed by atoms with Gasteiger partial charge in [-0.1, -0.05) is 83.1 Å². The number of aryl methyl sites for hydroxylation is 1. The molecule has 2 saturated carbocycles. The topological polar surface area (TPSA) is 9.23 Å². The average molecular weight is 497 g/mol. The van der Waals surface area contributed by atoms with Crippen LogP contribution in [-0.4, -0.2) is 13.7 Å². The lowest BCUT2D eigenvalue weighted by Gasteiger charge is -2.43. The molecule has 198 valence electrons. The van der Waals surface area contributed by atoms with E-state index in [1.807, 2.05) is 18.2 Å². The minimum Gasteiger partial charge on any atom is -0.384 e. The van der Waals surface area contributed by atoms with Gasteiger partial charge in [-0.2, -0.15) is 0 Å². The molecule has 0 bridgehead atoms. The monoisotopic (exact) mass is 496 g/mol. The van der Waals surface area contributed by atoms with Crippen LogP contribution in [0.25, 0.3) is 11.1 Å². The molecule has 3 heteroatoms. The van der Waals surface area contributed by atoms with Gasteiger partial charge < -0.3 is 4.74 Å². The maximum Gasteiger partial charge on any atom is 0.131 e. The number of methoxy groups -OCH3 is 1. The summed E-state index contributed by atoms with van der Waals surface area (Å²) in [6.45, 7) is 5.45. The predicted molar refractivity (Wildman–Crippen MR) is 146 cm³/mol. The second-order valence-electron chi connectivity index (χ2n) is 11.8. The fourth-order valence-electron chi connectivity index (χ4n) is 7.22. The lowest BCUT2D eigenvalue weighted by Crippen LogP contribution is -2.36. The van der Waals surface area contributed by atoms with Crippen molar-refractivity contribution in [3.8, 4) is 11.1 Å². The van der Waals surface area contributed by atoms with E-state index in [0.717, 1.165) is 49.8 Å². The zero-order valence-corrected chi connectivity index (χ0v) is 22.8. The smallest absolute Gasteiger partial charge is 0.131 e. The summed E-state index contributed by atoms with van der Waals surface area (Å²) in [5.74, 6) is 1.47. The van der Waals surface area contributed by atoms with Gasteiger partial charge in [-0.3, -0.25) is 0 Å². The van der Waals surface area contributed by atoms with E-state index >= 15 is 8.78 Å². The minimum atomic E-state index is -0.221. The number of benzene rings is 2. The normalized spacial score (nSPS) is 22.9. The Balaban J connectivity index is 1.45. The minimum absolute atomic E-state index is 0.0748. The lowest BCUT2D eigenvalue weighted by atomic mass is 9.61. The lowest BCUT2D eigenvalue weighted by molar-refractivity contribution is 0.117. The largest absolute Gasteiger partial charge is 0.384 e. The van der Waals surface area contributed by atoms with Gasteiger partial charge in [0, 0.05) is 19.3 Å². The Morgan fingerprint density at radius 1 is 0.917 bits per heavy atom. The molecule has 0 amide bonds. The third-order valence-corrected chi connectivity index (χ3v) is 9.51. The third-order valence-electron chi connectivity index (χ3n) is 9.51. The van der Waals surface area contributed by atoms with Gasteiger partial charge in [0.25, 0.3) is 0 Å². The summed E-state index contributed by atoms with van der Waals surface area (Å²) in [6.07, 6.45) is 15.0. The Kier molecular flexibility index (Phi) is 9.61. The first kappa shape index (κ1) is 27.3. The van der Waals surface area contributed by atoms with Crippen molar-refractivity contribution in [3.05, 3.63) is 59.2 Å². The van der Waals surface area contributed by atoms with Gasteiger partial charge >= 0.3 is 0 Å². The van der Waals surface area contributed by atoms with Crippen molar-refractivity contribution in [2.75, 3.05) is 13.7 Å². The highest BCUT2D eigenvalue weighted by atomic mass is 19.1. The van der Waals surface area contributed by atoms with Crippen molar-refractivity contribution in [1.29, 1.82) is 0 Å². The molecule has 1 nitrogen and oxygen atoms in total. The molecule has 1 atom stereocenters. The highest BCUT2D eigenvalue weighted by Crippen LogP contribution is 2.47. The number of hydrogen-bond acceptors (Lipinski definition) is 1. The molecule has 0 aromatic heterocycles. The van der Waals surface area contributed by atoms with Gasteiger partial charge in [-0.15, -0.1) is 0 Å². The molecule has 36 heavy (non-hydrogen) atoms. The maximum atomic E-state index is 15.5. The number of halogens is 2. The van der Waals surface area contributed by atoms with E-state index in [4.69, 9.17) is 4.74 Å². The van der Waals surface area contributed by atoms with Gasteiger partial charge in [0.1, 0.15) is 11.6 Å². The first-order chi connectivity index (χ1) is 17.5. The molecule has 0 aliphatic heterocycles. The van der Waals surface area contributed by atoms with E-state index in [9.17, 15) is 0 Å². The van der Waals surface area contributed by atoms with Crippen LogP contribution < -0.4 is 0 Å². The van der Waals surface area contributed by atoms with Crippen LogP contribution in [0, 0.1) is 29.4 Å². The van der Waals surface area contributed by atoms with Crippen molar-refractivity contribution >= 4 is 0 Å². The summed E-state index contributed by atoms with van der Waals surface area (Å²) in [5.41, 5.74) is 3.12. The third kappa shape index (κ3) is 6.21. The van der Waals surface area contributed by atoms with E-state index in [0.29, 0.717) is 28.9 Å². The van der Waals surface area contributed by atoms with E-state index in [-0.39, 0.29) is 17.0 Å². The Hall–Kier alpha value is -1.74. The van der Waals surface area contributed by atoms with Crippen LogP contribution >= 0.6 is 0 Å². The average Bonchev–Trinajstić information content (AvgIpc) is 2.89. The molecular weight excluding hydrogens is 450 g/mol. The highest BCUT2D eigenvalue weighted by molar-refractivity contribution is 5.65. The maximum absolute atomic E-state index is 15.5. The summed E-state index contributed by atoms with van der Waals surface area (Å²) in [7, 11) is 1.78. The van der Waals surface area contributed by atoms with Crippen LogP contribution in [0.15, 0.2) is 36.4 Å². The molecule has 0 N–H and O–H groups in total. The van der Waals surface area contributed by atoms with Crippen molar-refractivity contribution in [1.82, 2.24) is 0 Å². The molecule has 2 aliphatic carbocycles. The standard InChI is InChI=1S/C33H46F2O/c1-4-8-24(2)33(19-6-5-7-20-33)29-17-18-30(32(35)22-29)28-16-15-27(31(34)21-28)14-13-25-9-11-26(12-10-25)23-36-3/h15-18,21-22,24-26H,4-14,19-20,23H2,1-3H3. The SMILES string of the molecule is CCCC(C)C1(c2ccc(-c3ccc(CCC4CCC(COC)CC4)c(F)c3)c(F)c2)CCCCC1. The van der Waals surface area contributed by atoms with Crippen LogP contribution in [0.4, 0.5) is 8.78 Å². The molecular formula is C33H46F2O. The summed E-state index contributed by atoms with van der Waals surface area (Å²) < 4.78 is 35.9. The number of ether oxygens (including phenoxy) is 1. The predicted octanol–water partition coefficient (Wildman–Crippen LogP) is 9.66. The molecule has 4 rings (SSSR count). The first-order valence-electron chi connectivity index (χ1n) is 14.5. The fourth-order valence-corrected chi connectivity index (χ4v) is 7.22. The summed E-state index contributed by atoms with van der Waals surface area (Å²) in [4.78, 5) is 0. The van der Waals surface area contributed by atoms with Gasteiger partial charge in [0.2, 0.25) is 0 Å². The molecule has 0 heterocycles. The van der Waals surface area contributed by atoms with Crippen LogP contribution in [0.5, 0.6) is 0 Å². The van der Waals surface area contributed by atoms with Crippen molar-refractivity contribution < 1.29 is 13.5 Å². The van der Waals surface area contributed by atoms with Crippen LogP contribution in [0.3, 0.4) is 0 Å². The molecule has 2 aromatic rings. The van der Waals surface area contributed by atoms with Crippen LogP contribution in [-0.2, 0) is 16.6 Å². The Morgan fingerprint density at radius 3 is 2.28 bits per heavy atom. The van der Waals surface area contributed by atoms with E-state index in [2.05, 4.69) is 19.9 Å². The van der Waals surface area contributed by atoms with Gasteiger partial charge in [0.05, 0.1) is 0 Å². The van der Waals surface area contributed by atoms with E-state index < -0.39 is 0 Å². The van der Waals surface area contributed by atoms with Crippen LogP contribution in [0.1, 0.15) is 102 Å². The number of hydrogen-bond donors (Lipinski definition) is 0. The van der Waals surface area contributed by atoms with Crippen molar-refractivity contribution in [2.45, 2.75) is 103 Å². The number of rotatable bonds is 10. The molecule has 0 spiro atoms. The van der Waals surface area contributed by atoms with Crippen molar-refractivity contribution in [2.24, 2.45) is 17.8 Å². The molecule has 0 saturated heterocycles. The molecule has 2 aromatic carbocycles. The Labute approximate surface area is 218 Å². The van der Waals surface area contributed by atoms with Gasteiger partial charge in [0.15, 0.2) is 0 Å². The molecule has 2 aliphatic rings. The zero-order chi connectivity index (χ0) is 25.5. The molecule has 0 radical (unpaired) electrons. The fraction of sp³-hybridized carbons (Fsp3) is 0.636. The molecule has 1 unspecified atom stereocenters.